The van der Waals surface area contributed by atoms with Crippen molar-refractivity contribution in [3.63, 3.8) is 0 Å². The van der Waals surface area contributed by atoms with Gasteiger partial charge in [-0.1, -0.05) is 38.3 Å². The Balaban J connectivity index is 2.39. The highest BCUT2D eigenvalue weighted by atomic mass is 32.2. The standard InChI is InChI=1S/C16H26N2O2S/c1-3-18(15-9-5-4-6-10-15)21(19,20)16-11-7-8-14(12-17)13(16)2/h7-8,11,15H,3-6,9-10,12,17H2,1-2H3. The van der Waals surface area contributed by atoms with Gasteiger partial charge in [-0.25, -0.2) is 8.42 Å². The smallest absolute Gasteiger partial charge is 0.243 e. The first-order chi connectivity index (χ1) is 10.0. The van der Waals surface area contributed by atoms with E-state index in [0.29, 0.717) is 18.0 Å². The molecule has 21 heavy (non-hydrogen) atoms. The molecule has 0 aliphatic heterocycles. The summed E-state index contributed by atoms with van der Waals surface area (Å²) in [5.74, 6) is 0. The Hall–Kier alpha value is -0.910. The molecule has 0 spiro atoms. The summed E-state index contributed by atoms with van der Waals surface area (Å²) in [5, 5.41) is 0. The van der Waals surface area contributed by atoms with Crippen molar-refractivity contribution in [1.29, 1.82) is 0 Å². The Morgan fingerprint density at radius 2 is 1.90 bits per heavy atom. The zero-order valence-electron chi connectivity index (χ0n) is 13.0. The topological polar surface area (TPSA) is 63.4 Å². The van der Waals surface area contributed by atoms with Gasteiger partial charge < -0.3 is 5.73 Å². The second kappa shape index (κ2) is 6.90. The van der Waals surface area contributed by atoms with Crippen LogP contribution >= 0.6 is 0 Å². The van der Waals surface area contributed by atoms with Crippen LogP contribution in [0.2, 0.25) is 0 Å². The van der Waals surface area contributed by atoms with Crippen molar-refractivity contribution in [3.8, 4) is 0 Å². The third kappa shape index (κ3) is 3.30. The Morgan fingerprint density at radius 3 is 2.48 bits per heavy atom. The van der Waals surface area contributed by atoms with Gasteiger partial charge in [-0.15, -0.1) is 0 Å². The van der Waals surface area contributed by atoms with E-state index in [4.69, 9.17) is 5.73 Å². The predicted molar refractivity (Wildman–Crippen MR) is 85.5 cm³/mol. The lowest BCUT2D eigenvalue weighted by Gasteiger charge is -2.33. The maximum Gasteiger partial charge on any atom is 0.243 e. The van der Waals surface area contributed by atoms with Crippen molar-refractivity contribution in [2.24, 2.45) is 5.73 Å². The minimum atomic E-state index is -3.44. The Morgan fingerprint density at radius 1 is 1.24 bits per heavy atom. The molecule has 1 saturated carbocycles. The van der Waals surface area contributed by atoms with Gasteiger partial charge in [0.05, 0.1) is 4.90 Å². The number of nitrogens with two attached hydrogens (primary N) is 1. The molecule has 1 aliphatic rings. The molecule has 0 amide bonds. The van der Waals surface area contributed by atoms with E-state index >= 15 is 0 Å². The summed E-state index contributed by atoms with van der Waals surface area (Å²) in [7, 11) is -3.44. The molecule has 0 unspecified atom stereocenters. The number of sulfonamides is 1. The zero-order chi connectivity index (χ0) is 15.5. The van der Waals surface area contributed by atoms with E-state index in [2.05, 4.69) is 0 Å². The number of rotatable bonds is 5. The summed E-state index contributed by atoms with van der Waals surface area (Å²) in [6.45, 7) is 4.67. The molecule has 4 nitrogen and oxygen atoms in total. The van der Waals surface area contributed by atoms with Crippen LogP contribution in [0.4, 0.5) is 0 Å². The van der Waals surface area contributed by atoms with Gasteiger partial charge in [0.25, 0.3) is 0 Å². The molecular weight excluding hydrogens is 284 g/mol. The third-order valence-electron chi connectivity index (χ3n) is 4.50. The van der Waals surface area contributed by atoms with Crippen LogP contribution in [0, 0.1) is 6.92 Å². The molecular formula is C16H26N2O2S. The average molecular weight is 310 g/mol. The molecule has 0 saturated heterocycles. The van der Waals surface area contributed by atoms with E-state index in [1.165, 1.54) is 6.42 Å². The summed E-state index contributed by atoms with van der Waals surface area (Å²) < 4.78 is 27.8. The molecule has 0 aromatic heterocycles. The molecule has 0 radical (unpaired) electrons. The minimum Gasteiger partial charge on any atom is -0.326 e. The molecule has 1 aliphatic carbocycles. The lowest BCUT2D eigenvalue weighted by molar-refractivity contribution is 0.261. The summed E-state index contributed by atoms with van der Waals surface area (Å²) in [6.07, 6.45) is 5.41. The van der Waals surface area contributed by atoms with Crippen molar-refractivity contribution < 1.29 is 8.42 Å². The highest BCUT2D eigenvalue weighted by molar-refractivity contribution is 7.89. The molecule has 1 aromatic carbocycles. The van der Waals surface area contributed by atoms with E-state index in [-0.39, 0.29) is 6.04 Å². The van der Waals surface area contributed by atoms with Crippen LogP contribution in [0.25, 0.3) is 0 Å². The molecule has 118 valence electrons. The minimum absolute atomic E-state index is 0.148. The van der Waals surface area contributed by atoms with Crippen LogP contribution in [-0.4, -0.2) is 25.3 Å². The third-order valence-corrected chi connectivity index (χ3v) is 6.67. The molecule has 0 bridgehead atoms. The van der Waals surface area contributed by atoms with Gasteiger partial charge in [0.1, 0.15) is 0 Å². The van der Waals surface area contributed by atoms with Crippen molar-refractivity contribution in [3.05, 3.63) is 29.3 Å². The number of nitrogens with zero attached hydrogens (tertiary/aromatic N) is 1. The first kappa shape index (κ1) is 16.5. The maximum absolute atomic E-state index is 13.0. The van der Waals surface area contributed by atoms with Crippen LogP contribution in [0.1, 0.15) is 50.2 Å². The SMILES string of the molecule is CCN(C1CCCCC1)S(=O)(=O)c1cccc(CN)c1C. The molecule has 2 rings (SSSR count). The van der Waals surface area contributed by atoms with Gasteiger partial charge in [-0.2, -0.15) is 4.31 Å². The summed E-state index contributed by atoms with van der Waals surface area (Å²) in [4.78, 5) is 0.415. The second-order valence-electron chi connectivity index (χ2n) is 5.74. The molecule has 0 atom stereocenters. The molecule has 2 N–H and O–H groups in total. The van der Waals surface area contributed by atoms with Crippen molar-refractivity contribution in [1.82, 2.24) is 4.31 Å². The normalized spacial score (nSPS) is 17.3. The van der Waals surface area contributed by atoms with Gasteiger partial charge in [-0.3, -0.25) is 0 Å². The first-order valence-corrected chi connectivity index (χ1v) is 9.26. The number of hydrogen-bond donors (Lipinski definition) is 1. The van der Waals surface area contributed by atoms with E-state index in [1.54, 1.807) is 16.4 Å². The van der Waals surface area contributed by atoms with E-state index in [0.717, 1.165) is 36.8 Å². The maximum atomic E-state index is 13.0. The van der Waals surface area contributed by atoms with Crippen molar-refractivity contribution >= 4 is 10.0 Å². The lowest BCUT2D eigenvalue weighted by Crippen LogP contribution is -2.41. The summed E-state index contributed by atoms with van der Waals surface area (Å²) in [5.41, 5.74) is 7.39. The Bertz CT molecular complexity index is 578. The lowest BCUT2D eigenvalue weighted by atomic mass is 9.95. The molecule has 5 heteroatoms. The second-order valence-corrected chi connectivity index (χ2v) is 7.60. The van der Waals surface area contributed by atoms with Gasteiger partial charge in [-0.05, 0) is 37.0 Å². The van der Waals surface area contributed by atoms with Crippen LogP contribution in [-0.2, 0) is 16.6 Å². The Kier molecular flexibility index (Phi) is 5.41. The van der Waals surface area contributed by atoms with Crippen LogP contribution in [0.5, 0.6) is 0 Å². The Labute approximate surface area is 128 Å². The number of benzene rings is 1. The van der Waals surface area contributed by atoms with Crippen molar-refractivity contribution in [2.45, 2.75) is 63.4 Å². The van der Waals surface area contributed by atoms with Crippen LogP contribution in [0.15, 0.2) is 23.1 Å². The van der Waals surface area contributed by atoms with Crippen LogP contribution < -0.4 is 5.73 Å². The predicted octanol–water partition coefficient (Wildman–Crippen LogP) is 2.80. The fraction of sp³-hybridized carbons (Fsp3) is 0.625. The highest BCUT2D eigenvalue weighted by Crippen LogP contribution is 2.29. The summed E-state index contributed by atoms with van der Waals surface area (Å²) >= 11 is 0. The number of hydrogen-bond acceptors (Lipinski definition) is 3. The van der Waals surface area contributed by atoms with E-state index in [9.17, 15) is 8.42 Å². The van der Waals surface area contributed by atoms with Gasteiger partial charge in [0.2, 0.25) is 10.0 Å². The van der Waals surface area contributed by atoms with E-state index < -0.39 is 10.0 Å². The highest BCUT2D eigenvalue weighted by Gasteiger charge is 2.32. The monoisotopic (exact) mass is 310 g/mol. The van der Waals surface area contributed by atoms with Crippen LogP contribution in [0.3, 0.4) is 0 Å². The fourth-order valence-corrected chi connectivity index (χ4v) is 5.24. The van der Waals surface area contributed by atoms with Gasteiger partial charge in [0, 0.05) is 19.1 Å². The average Bonchev–Trinajstić information content (AvgIpc) is 2.49. The van der Waals surface area contributed by atoms with Gasteiger partial charge >= 0.3 is 0 Å². The van der Waals surface area contributed by atoms with E-state index in [1.807, 2.05) is 19.9 Å². The zero-order valence-corrected chi connectivity index (χ0v) is 13.8. The van der Waals surface area contributed by atoms with Crippen molar-refractivity contribution in [2.75, 3.05) is 6.54 Å². The van der Waals surface area contributed by atoms with Gasteiger partial charge in [0.15, 0.2) is 0 Å². The summed E-state index contributed by atoms with van der Waals surface area (Å²) in [6, 6.07) is 5.53. The largest absolute Gasteiger partial charge is 0.326 e. The quantitative estimate of drug-likeness (QED) is 0.909. The first-order valence-electron chi connectivity index (χ1n) is 7.82. The molecule has 0 heterocycles. The molecule has 1 fully saturated rings. The fourth-order valence-electron chi connectivity index (χ4n) is 3.28. The molecule has 1 aromatic rings.